The number of guanidine groups is 1. The summed E-state index contributed by atoms with van der Waals surface area (Å²) < 4.78 is 0. The highest BCUT2D eigenvalue weighted by atomic mass is 32.2. The van der Waals surface area contributed by atoms with Crippen LogP contribution in [0.4, 0.5) is 0 Å². The van der Waals surface area contributed by atoms with Crippen molar-refractivity contribution in [2.75, 3.05) is 18.6 Å². The Morgan fingerprint density at radius 1 is 0.971 bits per heavy atom. The van der Waals surface area contributed by atoms with Crippen LogP contribution >= 0.6 is 11.8 Å². The molecule has 202 valence electrons. The summed E-state index contributed by atoms with van der Waals surface area (Å²) in [5, 5.41) is 26.9. The molecular formula is C21H41N7O6S. The summed E-state index contributed by atoms with van der Waals surface area (Å²) in [5.41, 5.74) is 16.4. The third kappa shape index (κ3) is 12.6. The van der Waals surface area contributed by atoms with Gasteiger partial charge in [-0.2, -0.15) is 11.8 Å². The van der Waals surface area contributed by atoms with Gasteiger partial charge in [0.15, 0.2) is 5.96 Å². The lowest BCUT2D eigenvalue weighted by atomic mass is 9.97. The summed E-state index contributed by atoms with van der Waals surface area (Å²) in [4.78, 5) is 53.6. The maximum Gasteiger partial charge on any atom is 0.326 e. The summed E-state index contributed by atoms with van der Waals surface area (Å²) in [6.07, 6.45) is 1.93. The Kier molecular flexibility index (Phi) is 15.7. The average molecular weight is 520 g/mol. The number of amides is 3. The standard InChI is InChI=1S/C21H41N7O6S/c1-5-11(2)15(27-17(30)13(22)7-6-9-25-21(23)24)18(31)28-16(12(3)29)19(32)26-14(20(33)34)8-10-35-4/h11-16,29H,5-10,22H2,1-4H3,(H,26,32)(H,27,30)(H,28,31)(H,33,34)(H4,23,24,25). The first-order valence-electron chi connectivity index (χ1n) is 11.5. The van der Waals surface area contributed by atoms with E-state index in [1.165, 1.54) is 18.7 Å². The minimum absolute atomic E-state index is 0.0628. The fourth-order valence-electron chi connectivity index (χ4n) is 3.02. The number of nitrogens with one attached hydrogen (secondary N) is 3. The van der Waals surface area contributed by atoms with E-state index in [1.54, 1.807) is 13.2 Å². The van der Waals surface area contributed by atoms with Crippen molar-refractivity contribution >= 4 is 41.4 Å². The van der Waals surface area contributed by atoms with Gasteiger partial charge in [-0.25, -0.2) is 4.79 Å². The Balaban J connectivity index is 5.33. The normalized spacial score (nSPS) is 16.1. The van der Waals surface area contributed by atoms with Gasteiger partial charge in [0.25, 0.3) is 0 Å². The summed E-state index contributed by atoms with van der Waals surface area (Å²) in [6, 6.07) is -4.53. The van der Waals surface area contributed by atoms with Crippen molar-refractivity contribution in [2.45, 2.75) is 76.7 Å². The molecular weight excluding hydrogens is 478 g/mol. The molecule has 0 saturated heterocycles. The molecule has 35 heavy (non-hydrogen) atoms. The van der Waals surface area contributed by atoms with Gasteiger partial charge in [0.05, 0.1) is 12.1 Å². The van der Waals surface area contributed by atoms with Crippen LogP contribution in [0, 0.1) is 5.92 Å². The predicted octanol–water partition coefficient (Wildman–Crippen LogP) is -1.91. The SMILES string of the molecule is CCC(C)C(NC(=O)C(N)CCCN=C(N)N)C(=O)NC(C(=O)NC(CCSC)C(=O)O)C(C)O. The van der Waals surface area contributed by atoms with Crippen LogP contribution in [0.15, 0.2) is 4.99 Å². The quantitative estimate of drug-likeness (QED) is 0.0602. The number of carboxylic acid groups (broad SMARTS) is 1. The molecule has 3 amide bonds. The maximum atomic E-state index is 13.0. The number of aliphatic hydroxyl groups is 1. The van der Waals surface area contributed by atoms with Crippen molar-refractivity contribution in [1.82, 2.24) is 16.0 Å². The fourth-order valence-corrected chi connectivity index (χ4v) is 3.49. The lowest BCUT2D eigenvalue weighted by Crippen LogP contribution is -2.61. The molecule has 0 rings (SSSR count). The van der Waals surface area contributed by atoms with E-state index in [0.717, 1.165) is 0 Å². The van der Waals surface area contributed by atoms with Gasteiger partial charge in [-0.05, 0) is 44.1 Å². The fraction of sp³-hybridized carbons (Fsp3) is 0.762. The number of thioether (sulfide) groups is 1. The summed E-state index contributed by atoms with van der Waals surface area (Å²) in [6.45, 7) is 5.17. The zero-order valence-corrected chi connectivity index (χ0v) is 21.6. The topological polar surface area (TPSA) is 235 Å². The van der Waals surface area contributed by atoms with Crippen molar-refractivity contribution in [2.24, 2.45) is 28.1 Å². The van der Waals surface area contributed by atoms with Gasteiger partial charge in [-0.1, -0.05) is 20.3 Å². The Morgan fingerprint density at radius 3 is 2.03 bits per heavy atom. The van der Waals surface area contributed by atoms with Crippen molar-refractivity contribution in [3.8, 4) is 0 Å². The number of hydrogen-bond acceptors (Lipinski definition) is 8. The molecule has 0 saturated carbocycles. The van der Waals surface area contributed by atoms with Gasteiger partial charge < -0.3 is 43.4 Å². The molecule has 0 bridgehead atoms. The third-order valence-corrected chi connectivity index (χ3v) is 6.03. The number of rotatable bonds is 17. The molecule has 0 aliphatic carbocycles. The Hall–Kier alpha value is -2.58. The second-order valence-electron chi connectivity index (χ2n) is 8.33. The second-order valence-corrected chi connectivity index (χ2v) is 9.32. The molecule has 0 aromatic heterocycles. The van der Waals surface area contributed by atoms with E-state index in [-0.39, 0.29) is 24.7 Å². The zero-order chi connectivity index (χ0) is 27.1. The van der Waals surface area contributed by atoms with Crippen molar-refractivity contribution < 1.29 is 29.4 Å². The lowest BCUT2D eigenvalue weighted by Gasteiger charge is -2.29. The minimum atomic E-state index is -1.42. The Bertz CT molecular complexity index is 733. The second kappa shape index (κ2) is 16.9. The number of aliphatic imine (C=N–C) groups is 1. The summed E-state index contributed by atoms with van der Waals surface area (Å²) in [5.74, 6) is -3.20. The molecule has 6 unspecified atom stereocenters. The van der Waals surface area contributed by atoms with Gasteiger partial charge in [-0.3, -0.25) is 19.4 Å². The smallest absolute Gasteiger partial charge is 0.326 e. The Labute approximate surface area is 210 Å². The van der Waals surface area contributed by atoms with Gasteiger partial charge in [-0.15, -0.1) is 0 Å². The molecule has 0 heterocycles. The van der Waals surface area contributed by atoms with Gasteiger partial charge in [0.2, 0.25) is 17.7 Å². The lowest BCUT2D eigenvalue weighted by molar-refractivity contribution is -0.143. The molecule has 0 aliphatic rings. The number of carbonyl (C=O) groups is 4. The molecule has 0 fully saturated rings. The Morgan fingerprint density at radius 2 is 1.54 bits per heavy atom. The number of aliphatic carboxylic acids is 1. The first kappa shape index (κ1) is 32.4. The third-order valence-electron chi connectivity index (χ3n) is 5.39. The van der Waals surface area contributed by atoms with Gasteiger partial charge >= 0.3 is 5.97 Å². The van der Waals surface area contributed by atoms with Crippen LogP contribution in [0.3, 0.4) is 0 Å². The molecule has 14 heteroatoms. The van der Waals surface area contributed by atoms with Crippen LogP contribution in [0.1, 0.15) is 46.5 Å². The van der Waals surface area contributed by atoms with E-state index < -0.39 is 54.0 Å². The van der Waals surface area contributed by atoms with Crippen LogP contribution in [0.5, 0.6) is 0 Å². The highest BCUT2D eigenvalue weighted by Gasteiger charge is 2.34. The van der Waals surface area contributed by atoms with E-state index >= 15 is 0 Å². The number of carbonyl (C=O) groups excluding carboxylic acids is 3. The van der Waals surface area contributed by atoms with Crippen LogP contribution in [-0.2, 0) is 19.2 Å². The first-order valence-corrected chi connectivity index (χ1v) is 12.9. The first-order chi connectivity index (χ1) is 16.3. The maximum absolute atomic E-state index is 13.0. The number of nitrogens with two attached hydrogens (primary N) is 3. The largest absolute Gasteiger partial charge is 0.480 e. The molecule has 11 N–H and O–H groups in total. The highest BCUT2D eigenvalue weighted by molar-refractivity contribution is 7.98. The number of nitrogens with zero attached hydrogens (tertiary/aromatic N) is 1. The molecule has 0 aliphatic heterocycles. The summed E-state index contributed by atoms with van der Waals surface area (Å²) >= 11 is 1.42. The molecule has 0 aromatic carbocycles. The average Bonchev–Trinajstić information content (AvgIpc) is 2.79. The minimum Gasteiger partial charge on any atom is -0.480 e. The van der Waals surface area contributed by atoms with Crippen molar-refractivity contribution in [1.29, 1.82) is 0 Å². The number of carboxylic acids is 1. The van der Waals surface area contributed by atoms with Crippen LogP contribution < -0.4 is 33.2 Å². The van der Waals surface area contributed by atoms with E-state index in [2.05, 4.69) is 20.9 Å². The number of hydrogen-bond donors (Lipinski definition) is 8. The highest BCUT2D eigenvalue weighted by Crippen LogP contribution is 2.10. The van der Waals surface area contributed by atoms with Crippen LogP contribution in [0.2, 0.25) is 0 Å². The monoisotopic (exact) mass is 519 g/mol. The number of aliphatic hydroxyl groups excluding tert-OH is 1. The van der Waals surface area contributed by atoms with E-state index in [0.29, 0.717) is 25.1 Å². The van der Waals surface area contributed by atoms with Gasteiger partial charge in [0, 0.05) is 6.54 Å². The van der Waals surface area contributed by atoms with Gasteiger partial charge in [0.1, 0.15) is 18.1 Å². The van der Waals surface area contributed by atoms with Crippen molar-refractivity contribution in [3.05, 3.63) is 0 Å². The van der Waals surface area contributed by atoms with Crippen LogP contribution in [-0.4, -0.2) is 88.7 Å². The molecule has 0 radical (unpaired) electrons. The predicted molar refractivity (Wildman–Crippen MR) is 135 cm³/mol. The van der Waals surface area contributed by atoms with E-state index in [9.17, 15) is 29.4 Å². The van der Waals surface area contributed by atoms with E-state index in [4.69, 9.17) is 17.2 Å². The zero-order valence-electron chi connectivity index (χ0n) is 20.8. The van der Waals surface area contributed by atoms with E-state index in [1.807, 2.05) is 6.92 Å². The van der Waals surface area contributed by atoms with Crippen LogP contribution in [0.25, 0.3) is 0 Å². The molecule has 13 nitrogen and oxygen atoms in total. The molecule has 6 atom stereocenters. The molecule has 0 spiro atoms. The molecule has 0 aromatic rings. The van der Waals surface area contributed by atoms with Crippen molar-refractivity contribution in [3.63, 3.8) is 0 Å². The summed E-state index contributed by atoms with van der Waals surface area (Å²) in [7, 11) is 0.